The quantitative estimate of drug-likeness (QED) is 0.500. The molecular weight excluding hydrogens is 132 g/mol. The molecule has 4 nitrogen and oxygen atoms in total. The predicted molar refractivity (Wildman–Crippen MR) is 32.7 cm³/mol. The molecule has 0 aliphatic carbocycles. The van der Waals surface area contributed by atoms with Crippen LogP contribution in [-0.2, 0) is 11.3 Å². The topological polar surface area (TPSA) is 44.1 Å². The first kappa shape index (κ1) is 5.46. The number of imidazole rings is 1. The number of carbonyl (C=O) groups excluding carboxylic acids is 1. The molecule has 2 heterocycles. The highest BCUT2D eigenvalue weighted by atomic mass is 16.5. The molecule has 0 spiro atoms. The Morgan fingerprint density at radius 3 is 3.50 bits per heavy atom. The van der Waals surface area contributed by atoms with Crippen LogP contribution in [0.15, 0.2) is 12.4 Å². The van der Waals surface area contributed by atoms with E-state index in [2.05, 4.69) is 4.98 Å². The molecule has 0 aromatic carbocycles. The standard InChI is InChI=1S/C6H6N2O2/c9-5-3-8-2-1-7-6(8)10-4-5/h1-2H,3-4H2. The summed E-state index contributed by atoms with van der Waals surface area (Å²) in [4.78, 5) is 14.6. The van der Waals surface area contributed by atoms with Gasteiger partial charge in [0.1, 0.15) is 0 Å². The first-order valence-corrected chi connectivity index (χ1v) is 3.02. The van der Waals surface area contributed by atoms with E-state index in [0.29, 0.717) is 12.6 Å². The SMILES string of the molecule is O=C1COc2nccn2C1. The number of nitrogens with zero attached hydrogens (tertiary/aromatic N) is 2. The zero-order valence-corrected chi connectivity index (χ0v) is 5.28. The van der Waals surface area contributed by atoms with E-state index in [-0.39, 0.29) is 12.4 Å². The van der Waals surface area contributed by atoms with Crippen LogP contribution in [0.2, 0.25) is 0 Å². The molecule has 0 N–H and O–H groups in total. The smallest absolute Gasteiger partial charge is 0.297 e. The summed E-state index contributed by atoms with van der Waals surface area (Å²) in [7, 11) is 0. The Morgan fingerprint density at radius 1 is 1.70 bits per heavy atom. The number of fused-ring (bicyclic) bond motifs is 1. The van der Waals surface area contributed by atoms with Crippen LogP contribution >= 0.6 is 0 Å². The third-order valence-corrected chi connectivity index (χ3v) is 1.39. The lowest BCUT2D eigenvalue weighted by atomic mass is 10.4. The van der Waals surface area contributed by atoms with Gasteiger partial charge in [-0.1, -0.05) is 0 Å². The minimum absolute atomic E-state index is 0.0884. The summed E-state index contributed by atoms with van der Waals surface area (Å²) in [6.07, 6.45) is 3.35. The van der Waals surface area contributed by atoms with E-state index < -0.39 is 0 Å². The van der Waals surface area contributed by atoms with Crippen LogP contribution in [-0.4, -0.2) is 21.9 Å². The van der Waals surface area contributed by atoms with Gasteiger partial charge in [0.05, 0.1) is 6.54 Å². The number of Topliss-reactive ketones (excluding diaryl/α,β-unsaturated/α-hetero) is 1. The van der Waals surface area contributed by atoms with Crippen molar-refractivity contribution >= 4 is 5.78 Å². The third kappa shape index (κ3) is 0.689. The number of rotatable bonds is 0. The Bertz CT molecular complexity index is 266. The Hall–Kier alpha value is -1.32. The van der Waals surface area contributed by atoms with E-state index in [9.17, 15) is 4.79 Å². The maximum absolute atomic E-state index is 10.8. The Kier molecular flexibility index (Phi) is 1.00. The molecule has 1 aromatic heterocycles. The molecule has 1 aliphatic rings. The molecule has 2 rings (SSSR count). The van der Waals surface area contributed by atoms with Gasteiger partial charge in [0.25, 0.3) is 6.01 Å². The zero-order chi connectivity index (χ0) is 6.97. The number of carbonyl (C=O) groups is 1. The molecule has 0 amide bonds. The van der Waals surface area contributed by atoms with Gasteiger partial charge in [0.2, 0.25) is 0 Å². The van der Waals surface area contributed by atoms with Gasteiger partial charge in [-0.15, -0.1) is 0 Å². The molecule has 0 fully saturated rings. The summed E-state index contributed by atoms with van der Waals surface area (Å²) in [6.45, 7) is 0.562. The van der Waals surface area contributed by atoms with E-state index in [0.717, 1.165) is 0 Å². The Balaban J connectivity index is 2.39. The number of aromatic nitrogens is 2. The van der Waals surface area contributed by atoms with Crippen LogP contribution in [0.4, 0.5) is 0 Å². The first-order chi connectivity index (χ1) is 4.86. The van der Waals surface area contributed by atoms with Gasteiger partial charge in [-0.2, -0.15) is 0 Å². The Morgan fingerprint density at radius 2 is 2.60 bits per heavy atom. The summed E-state index contributed by atoms with van der Waals surface area (Å²) < 4.78 is 6.66. The van der Waals surface area contributed by atoms with Crippen molar-refractivity contribution < 1.29 is 9.53 Å². The summed E-state index contributed by atoms with van der Waals surface area (Å²) in [5.41, 5.74) is 0. The molecule has 1 aromatic rings. The predicted octanol–water partition coefficient (Wildman–Crippen LogP) is -0.155. The average Bonchev–Trinajstić information content (AvgIpc) is 2.33. The van der Waals surface area contributed by atoms with Crippen molar-refractivity contribution in [1.82, 2.24) is 9.55 Å². The van der Waals surface area contributed by atoms with Gasteiger partial charge in [-0.05, 0) is 0 Å². The second-order valence-corrected chi connectivity index (χ2v) is 2.17. The van der Waals surface area contributed by atoms with Gasteiger partial charge in [0.15, 0.2) is 12.4 Å². The molecule has 0 bridgehead atoms. The van der Waals surface area contributed by atoms with Crippen molar-refractivity contribution in [3.63, 3.8) is 0 Å². The molecule has 0 radical (unpaired) electrons. The van der Waals surface area contributed by atoms with Gasteiger partial charge >= 0.3 is 0 Å². The second kappa shape index (κ2) is 1.83. The van der Waals surface area contributed by atoms with Crippen LogP contribution in [0.3, 0.4) is 0 Å². The molecule has 0 saturated heterocycles. The maximum Gasteiger partial charge on any atom is 0.297 e. The summed E-state index contributed by atoms with van der Waals surface area (Å²) in [6, 6.07) is 0.541. The molecule has 0 unspecified atom stereocenters. The lowest BCUT2D eigenvalue weighted by Crippen LogP contribution is -2.24. The highest BCUT2D eigenvalue weighted by Gasteiger charge is 2.15. The summed E-state index contributed by atoms with van der Waals surface area (Å²) in [5.74, 6) is 0.0884. The van der Waals surface area contributed by atoms with Crippen LogP contribution in [0.5, 0.6) is 6.01 Å². The van der Waals surface area contributed by atoms with Crippen LogP contribution in [0.25, 0.3) is 0 Å². The van der Waals surface area contributed by atoms with Crippen molar-refractivity contribution in [2.24, 2.45) is 0 Å². The largest absolute Gasteiger partial charge is 0.457 e. The van der Waals surface area contributed by atoms with Crippen LogP contribution < -0.4 is 4.74 Å². The highest BCUT2D eigenvalue weighted by Crippen LogP contribution is 2.10. The first-order valence-electron chi connectivity index (χ1n) is 3.02. The Labute approximate surface area is 57.4 Å². The lowest BCUT2D eigenvalue weighted by molar-refractivity contribution is -0.123. The van der Waals surface area contributed by atoms with Crippen LogP contribution in [0.1, 0.15) is 0 Å². The molecule has 52 valence electrons. The van der Waals surface area contributed by atoms with Gasteiger partial charge in [-0.25, -0.2) is 4.98 Å². The normalized spacial score (nSPS) is 16.2. The lowest BCUT2D eigenvalue weighted by Gasteiger charge is -2.12. The maximum atomic E-state index is 10.8. The van der Waals surface area contributed by atoms with Crippen molar-refractivity contribution in [3.8, 4) is 6.01 Å². The third-order valence-electron chi connectivity index (χ3n) is 1.39. The van der Waals surface area contributed by atoms with Gasteiger partial charge < -0.3 is 4.74 Å². The molecule has 0 saturated carbocycles. The second-order valence-electron chi connectivity index (χ2n) is 2.17. The fraction of sp³-hybridized carbons (Fsp3) is 0.333. The van der Waals surface area contributed by atoms with Crippen molar-refractivity contribution in [2.45, 2.75) is 6.54 Å². The number of hydrogen-bond donors (Lipinski definition) is 0. The number of hydrogen-bond acceptors (Lipinski definition) is 3. The monoisotopic (exact) mass is 138 g/mol. The van der Waals surface area contributed by atoms with E-state index in [4.69, 9.17) is 4.74 Å². The fourth-order valence-corrected chi connectivity index (χ4v) is 0.937. The van der Waals surface area contributed by atoms with E-state index in [1.54, 1.807) is 17.0 Å². The number of ketones is 1. The molecule has 0 atom stereocenters. The van der Waals surface area contributed by atoms with Crippen molar-refractivity contribution in [1.29, 1.82) is 0 Å². The zero-order valence-electron chi connectivity index (χ0n) is 5.28. The number of ether oxygens (including phenoxy) is 1. The van der Waals surface area contributed by atoms with E-state index in [1.165, 1.54) is 0 Å². The molecule has 1 aliphatic heterocycles. The highest BCUT2D eigenvalue weighted by molar-refractivity contribution is 5.80. The summed E-state index contributed by atoms with van der Waals surface area (Å²) in [5, 5.41) is 0. The molecule has 4 heteroatoms. The van der Waals surface area contributed by atoms with Gasteiger partial charge in [-0.3, -0.25) is 9.36 Å². The van der Waals surface area contributed by atoms with E-state index >= 15 is 0 Å². The van der Waals surface area contributed by atoms with Crippen molar-refractivity contribution in [2.75, 3.05) is 6.61 Å². The average molecular weight is 138 g/mol. The van der Waals surface area contributed by atoms with Gasteiger partial charge in [0, 0.05) is 12.4 Å². The molecular formula is C6H6N2O2. The summed E-state index contributed by atoms with van der Waals surface area (Å²) >= 11 is 0. The molecule has 10 heavy (non-hydrogen) atoms. The fourth-order valence-electron chi connectivity index (χ4n) is 0.937. The van der Waals surface area contributed by atoms with Crippen LogP contribution in [0, 0.1) is 0 Å². The van der Waals surface area contributed by atoms with Crippen molar-refractivity contribution in [3.05, 3.63) is 12.4 Å². The minimum atomic E-state index is 0.0884. The minimum Gasteiger partial charge on any atom is -0.457 e. The van der Waals surface area contributed by atoms with E-state index in [1.807, 2.05) is 0 Å².